The summed E-state index contributed by atoms with van der Waals surface area (Å²) in [6, 6.07) is 4.38. The molecule has 0 bridgehead atoms. The quantitative estimate of drug-likeness (QED) is 0.757. The second kappa shape index (κ2) is 7.56. The van der Waals surface area contributed by atoms with Crippen molar-refractivity contribution in [3.63, 3.8) is 0 Å². The fourth-order valence-electron chi connectivity index (χ4n) is 2.14. The first-order valence-electron chi connectivity index (χ1n) is 7.20. The molecule has 1 atom stereocenters. The van der Waals surface area contributed by atoms with Crippen molar-refractivity contribution in [2.75, 3.05) is 0 Å². The molecule has 0 aliphatic rings. The van der Waals surface area contributed by atoms with Gasteiger partial charge in [-0.1, -0.05) is 26.2 Å². The molecule has 0 saturated carbocycles. The average molecular weight is 312 g/mol. The maximum Gasteiger partial charge on any atom is 0.251 e. The first kappa shape index (κ1) is 17.7. The molecule has 0 aliphatic carbocycles. The summed E-state index contributed by atoms with van der Waals surface area (Å²) in [7, 11) is -3.74. The fourth-order valence-corrected chi connectivity index (χ4v) is 2.74. The van der Waals surface area contributed by atoms with Crippen LogP contribution in [0.2, 0.25) is 0 Å². The van der Waals surface area contributed by atoms with Gasteiger partial charge in [-0.15, -0.1) is 0 Å². The molecule has 1 rings (SSSR count). The van der Waals surface area contributed by atoms with Crippen molar-refractivity contribution in [3.05, 3.63) is 29.3 Å². The Morgan fingerprint density at radius 2 is 2.00 bits per heavy atom. The lowest BCUT2D eigenvalue weighted by Gasteiger charge is -2.15. The van der Waals surface area contributed by atoms with Gasteiger partial charge in [-0.05, 0) is 44.0 Å². The van der Waals surface area contributed by atoms with E-state index in [4.69, 9.17) is 5.14 Å². The molecule has 118 valence electrons. The molecule has 0 fully saturated rings. The van der Waals surface area contributed by atoms with Crippen LogP contribution in [0.15, 0.2) is 23.1 Å². The Labute approximate surface area is 127 Å². The highest BCUT2D eigenvalue weighted by Crippen LogP contribution is 2.15. The van der Waals surface area contributed by atoms with Gasteiger partial charge in [-0.3, -0.25) is 4.79 Å². The largest absolute Gasteiger partial charge is 0.350 e. The van der Waals surface area contributed by atoms with Crippen LogP contribution in [0.4, 0.5) is 0 Å². The molecule has 1 amide bonds. The number of nitrogens with one attached hydrogen (secondary N) is 1. The highest BCUT2D eigenvalue weighted by molar-refractivity contribution is 7.89. The summed E-state index contributed by atoms with van der Waals surface area (Å²) in [5, 5.41) is 8.01. The van der Waals surface area contributed by atoms with Gasteiger partial charge >= 0.3 is 0 Å². The van der Waals surface area contributed by atoms with Gasteiger partial charge in [-0.2, -0.15) is 0 Å². The Morgan fingerprint density at radius 1 is 1.33 bits per heavy atom. The number of amides is 1. The number of carbonyl (C=O) groups is 1. The van der Waals surface area contributed by atoms with Crippen LogP contribution in [0, 0.1) is 6.92 Å². The lowest BCUT2D eigenvalue weighted by atomic mass is 10.1. The SMILES string of the molecule is CCCCCC(C)NC(=O)c1ccc(S(N)(=O)=O)cc1C. The summed E-state index contributed by atoms with van der Waals surface area (Å²) in [5.41, 5.74) is 1.07. The van der Waals surface area contributed by atoms with E-state index in [9.17, 15) is 13.2 Å². The van der Waals surface area contributed by atoms with Gasteiger partial charge < -0.3 is 5.32 Å². The smallest absolute Gasteiger partial charge is 0.251 e. The molecule has 3 N–H and O–H groups in total. The van der Waals surface area contributed by atoms with Crippen molar-refractivity contribution in [1.82, 2.24) is 5.32 Å². The predicted octanol–water partition coefficient (Wildman–Crippen LogP) is 2.34. The Kier molecular flexibility index (Phi) is 6.36. The summed E-state index contributed by atoms with van der Waals surface area (Å²) in [6.45, 7) is 5.81. The van der Waals surface area contributed by atoms with E-state index in [-0.39, 0.29) is 16.8 Å². The zero-order chi connectivity index (χ0) is 16.0. The van der Waals surface area contributed by atoms with Crippen molar-refractivity contribution in [2.45, 2.75) is 57.4 Å². The van der Waals surface area contributed by atoms with Crippen molar-refractivity contribution < 1.29 is 13.2 Å². The van der Waals surface area contributed by atoms with E-state index in [2.05, 4.69) is 12.2 Å². The minimum atomic E-state index is -3.74. The van der Waals surface area contributed by atoms with Crippen LogP contribution in [0.5, 0.6) is 0 Å². The number of nitrogens with two attached hydrogens (primary N) is 1. The fraction of sp³-hybridized carbons (Fsp3) is 0.533. The van der Waals surface area contributed by atoms with E-state index in [0.29, 0.717) is 11.1 Å². The number of rotatable bonds is 7. The van der Waals surface area contributed by atoms with E-state index in [0.717, 1.165) is 25.7 Å². The van der Waals surface area contributed by atoms with Gasteiger partial charge in [0.1, 0.15) is 0 Å². The van der Waals surface area contributed by atoms with Crippen molar-refractivity contribution in [1.29, 1.82) is 0 Å². The summed E-state index contributed by atoms with van der Waals surface area (Å²) in [5.74, 6) is -0.183. The Morgan fingerprint density at radius 3 is 2.52 bits per heavy atom. The molecule has 0 aromatic heterocycles. The molecule has 6 heteroatoms. The normalized spacial score (nSPS) is 13.0. The molecule has 1 unspecified atom stereocenters. The number of hydrogen-bond donors (Lipinski definition) is 2. The van der Waals surface area contributed by atoms with Gasteiger partial charge in [0.25, 0.3) is 5.91 Å². The van der Waals surface area contributed by atoms with Gasteiger partial charge in [0.2, 0.25) is 10.0 Å². The van der Waals surface area contributed by atoms with Gasteiger partial charge in [0.05, 0.1) is 4.90 Å². The second-order valence-corrected chi connectivity index (χ2v) is 6.95. The zero-order valence-corrected chi connectivity index (χ0v) is 13.7. The van der Waals surface area contributed by atoms with Crippen molar-refractivity contribution in [3.8, 4) is 0 Å². The molecular weight excluding hydrogens is 288 g/mol. The maximum absolute atomic E-state index is 12.2. The third kappa shape index (κ3) is 5.47. The summed E-state index contributed by atoms with van der Waals surface area (Å²) in [4.78, 5) is 12.2. The number of benzene rings is 1. The standard InChI is InChI=1S/C15H24N2O3S/c1-4-5-6-7-12(3)17-15(18)14-9-8-13(10-11(14)2)21(16,19)20/h8-10,12H,4-7H2,1-3H3,(H,17,18)(H2,16,19,20). The van der Waals surface area contributed by atoms with E-state index in [1.807, 2.05) is 6.92 Å². The van der Waals surface area contributed by atoms with Crippen LogP contribution in [-0.4, -0.2) is 20.4 Å². The van der Waals surface area contributed by atoms with Crippen LogP contribution in [0.1, 0.15) is 55.5 Å². The van der Waals surface area contributed by atoms with E-state index >= 15 is 0 Å². The van der Waals surface area contributed by atoms with E-state index in [1.54, 1.807) is 6.92 Å². The van der Waals surface area contributed by atoms with Crippen LogP contribution in [0.25, 0.3) is 0 Å². The number of carbonyl (C=O) groups excluding carboxylic acids is 1. The van der Waals surface area contributed by atoms with Crippen molar-refractivity contribution >= 4 is 15.9 Å². The maximum atomic E-state index is 12.2. The Bertz CT molecular complexity index is 597. The van der Waals surface area contributed by atoms with E-state index < -0.39 is 10.0 Å². The molecular formula is C15H24N2O3S. The first-order valence-corrected chi connectivity index (χ1v) is 8.74. The zero-order valence-electron chi connectivity index (χ0n) is 12.8. The number of primary sulfonamides is 1. The number of sulfonamides is 1. The van der Waals surface area contributed by atoms with Crippen LogP contribution < -0.4 is 10.5 Å². The molecule has 21 heavy (non-hydrogen) atoms. The highest BCUT2D eigenvalue weighted by Gasteiger charge is 2.15. The van der Waals surface area contributed by atoms with Crippen LogP contribution >= 0.6 is 0 Å². The molecule has 5 nitrogen and oxygen atoms in total. The van der Waals surface area contributed by atoms with Crippen LogP contribution in [-0.2, 0) is 10.0 Å². The molecule has 0 aliphatic heterocycles. The monoisotopic (exact) mass is 312 g/mol. The molecule has 1 aromatic rings. The van der Waals surface area contributed by atoms with Gasteiger partial charge in [0.15, 0.2) is 0 Å². The lowest BCUT2D eigenvalue weighted by molar-refractivity contribution is 0.0937. The molecule has 0 radical (unpaired) electrons. The first-order chi connectivity index (χ1) is 9.75. The Balaban J connectivity index is 2.75. The molecule has 1 aromatic carbocycles. The molecule has 0 spiro atoms. The average Bonchev–Trinajstić information content (AvgIpc) is 2.37. The highest BCUT2D eigenvalue weighted by atomic mass is 32.2. The third-order valence-electron chi connectivity index (χ3n) is 3.39. The van der Waals surface area contributed by atoms with Gasteiger partial charge in [-0.25, -0.2) is 13.6 Å². The summed E-state index contributed by atoms with van der Waals surface area (Å²) in [6.07, 6.45) is 4.33. The summed E-state index contributed by atoms with van der Waals surface area (Å²) < 4.78 is 22.5. The van der Waals surface area contributed by atoms with Crippen LogP contribution in [0.3, 0.4) is 0 Å². The van der Waals surface area contributed by atoms with Gasteiger partial charge in [0, 0.05) is 11.6 Å². The predicted molar refractivity (Wildman–Crippen MR) is 83.6 cm³/mol. The minimum absolute atomic E-state index is 0.0209. The molecule has 0 saturated heterocycles. The van der Waals surface area contributed by atoms with E-state index in [1.165, 1.54) is 18.2 Å². The van der Waals surface area contributed by atoms with Crippen molar-refractivity contribution in [2.24, 2.45) is 5.14 Å². The molecule has 0 heterocycles. The third-order valence-corrected chi connectivity index (χ3v) is 4.30. The summed E-state index contributed by atoms with van der Waals surface area (Å²) >= 11 is 0. The number of unbranched alkanes of at least 4 members (excludes halogenated alkanes) is 2. The number of hydrogen-bond acceptors (Lipinski definition) is 3. The minimum Gasteiger partial charge on any atom is -0.350 e. The topological polar surface area (TPSA) is 89.3 Å². The Hall–Kier alpha value is -1.40. The lowest BCUT2D eigenvalue weighted by Crippen LogP contribution is -2.33. The second-order valence-electron chi connectivity index (χ2n) is 5.39. The number of aryl methyl sites for hydroxylation is 1.